The van der Waals surface area contributed by atoms with Gasteiger partial charge in [-0.2, -0.15) is 0 Å². The number of benzene rings is 1. The van der Waals surface area contributed by atoms with Gasteiger partial charge < -0.3 is 9.15 Å². The maximum absolute atomic E-state index is 10.8. The molecule has 3 aromatic rings. The molecule has 0 saturated heterocycles. The van der Waals surface area contributed by atoms with E-state index in [0.717, 1.165) is 27.6 Å². The van der Waals surface area contributed by atoms with Crippen molar-refractivity contribution in [3.8, 4) is 11.3 Å². The van der Waals surface area contributed by atoms with Gasteiger partial charge in [-0.15, -0.1) is 0 Å². The Morgan fingerprint density at radius 3 is 2.82 bits per heavy atom. The smallest absolute Gasteiger partial charge is 0.185 e. The van der Waals surface area contributed by atoms with Crippen molar-refractivity contribution in [2.45, 2.75) is 13.5 Å². The molecule has 5 heteroatoms. The first-order valence-electron chi connectivity index (χ1n) is 6.76. The van der Waals surface area contributed by atoms with E-state index in [0.29, 0.717) is 29.6 Å². The van der Waals surface area contributed by atoms with E-state index >= 15 is 0 Å². The summed E-state index contributed by atoms with van der Waals surface area (Å²) in [5.74, 6) is 0.935. The highest BCUT2D eigenvalue weighted by molar-refractivity contribution is 6.30. The van der Waals surface area contributed by atoms with Crippen molar-refractivity contribution in [2.75, 3.05) is 7.11 Å². The number of halogens is 1. The molecule has 0 bridgehead atoms. The summed E-state index contributed by atoms with van der Waals surface area (Å²) in [6.07, 6.45) is 0.686. The topological polar surface area (TPSA) is 52.3 Å². The molecule has 0 atom stereocenters. The van der Waals surface area contributed by atoms with E-state index in [1.165, 1.54) is 0 Å². The first kappa shape index (κ1) is 14.8. The summed E-state index contributed by atoms with van der Waals surface area (Å²) in [6, 6.07) is 9.19. The molecule has 0 saturated carbocycles. The summed E-state index contributed by atoms with van der Waals surface area (Å²) in [6.45, 7) is 2.45. The van der Waals surface area contributed by atoms with Crippen LogP contribution in [-0.2, 0) is 11.3 Å². The molecule has 1 aromatic carbocycles. The predicted molar refractivity (Wildman–Crippen MR) is 85.3 cm³/mol. The second kappa shape index (κ2) is 5.91. The van der Waals surface area contributed by atoms with Gasteiger partial charge in [-0.05, 0) is 48.4 Å². The molecule has 0 unspecified atom stereocenters. The lowest BCUT2D eigenvalue weighted by atomic mass is 10.0. The Kier molecular flexibility index (Phi) is 3.96. The van der Waals surface area contributed by atoms with Crippen molar-refractivity contribution in [2.24, 2.45) is 0 Å². The molecule has 0 N–H and O–H groups in total. The van der Waals surface area contributed by atoms with Crippen molar-refractivity contribution >= 4 is 28.8 Å². The molecule has 0 aliphatic heterocycles. The molecule has 2 heterocycles. The van der Waals surface area contributed by atoms with Gasteiger partial charge in [-0.25, -0.2) is 4.98 Å². The average molecular weight is 316 g/mol. The molecule has 0 aliphatic carbocycles. The van der Waals surface area contributed by atoms with Crippen LogP contribution in [0.3, 0.4) is 0 Å². The average Bonchev–Trinajstić information content (AvgIpc) is 2.96. The zero-order valence-corrected chi connectivity index (χ0v) is 13.0. The molecule has 112 valence electrons. The summed E-state index contributed by atoms with van der Waals surface area (Å²) in [5.41, 5.74) is 3.67. The van der Waals surface area contributed by atoms with Crippen LogP contribution in [0.5, 0.6) is 0 Å². The van der Waals surface area contributed by atoms with Crippen LogP contribution in [-0.4, -0.2) is 18.4 Å². The van der Waals surface area contributed by atoms with Crippen molar-refractivity contribution < 1.29 is 13.9 Å². The van der Waals surface area contributed by atoms with E-state index in [9.17, 15) is 4.79 Å². The number of pyridine rings is 1. The normalized spacial score (nSPS) is 11.0. The van der Waals surface area contributed by atoms with E-state index in [-0.39, 0.29) is 0 Å². The molecular weight excluding hydrogens is 302 g/mol. The fourth-order valence-corrected chi connectivity index (χ4v) is 2.74. The Morgan fingerprint density at radius 1 is 1.32 bits per heavy atom. The minimum absolute atomic E-state index is 0.300. The number of fused-ring (bicyclic) bond motifs is 1. The third-order valence-corrected chi connectivity index (χ3v) is 3.71. The van der Waals surface area contributed by atoms with Crippen molar-refractivity contribution in [3.05, 3.63) is 52.4 Å². The van der Waals surface area contributed by atoms with E-state index in [1.807, 2.05) is 25.1 Å². The number of ether oxygens (including phenoxy) is 1. The van der Waals surface area contributed by atoms with E-state index in [2.05, 4.69) is 4.98 Å². The lowest BCUT2D eigenvalue weighted by Crippen LogP contribution is -1.94. The Hall–Kier alpha value is -2.17. The number of furan rings is 1. The number of hydrogen-bond donors (Lipinski definition) is 0. The van der Waals surface area contributed by atoms with Crippen LogP contribution in [0.2, 0.25) is 5.15 Å². The van der Waals surface area contributed by atoms with Crippen molar-refractivity contribution in [1.29, 1.82) is 0 Å². The third kappa shape index (κ3) is 2.63. The lowest BCUT2D eigenvalue weighted by Gasteiger charge is -2.10. The Bertz CT molecular complexity index is 854. The number of aryl methyl sites for hydroxylation is 1. The largest absolute Gasteiger partial charge is 0.453 e. The standard InChI is InChI=1S/C17H14ClNO3/c1-10-5-14-11(9-21-2)6-17(18)19-15(14)7-13(10)16-4-3-12(8-20)22-16/h3-8H,9H2,1-2H3. The molecule has 0 spiro atoms. The molecule has 0 fully saturated rings. The number of rotatable bonds is 4. The van der Waals surface area contributed by atoms with Crippen LogP contribution in [0.1, 0.15) is 21.7 Å². The van der Waals surface area contributed by atoms with E-state index in [4.69, 9.17) is 20.8 Å². The summed E-state index contributed by atoms with van der Waals surface area (Å²) >= 11 is 6.09. The van der Waals surface area contributed by atoms with Crippen LogP contribution >= 0.6 is 11.6 Å². The second-order valence-corrected chi connectivity index (χ2v) is 5.43. The highest BCUT2D eigenvalue weighted by atomic mass is 35.5. The Morgan fingerprint density at radius 2 is 2.14 bits per heavy atom. The lowest BCUT2D eigenvalue weighted by molar-refractivity contribution is 0.110. The molecule has 0 radical (unpaired) electrons. The first-order chi connectivity index (χ1) is 10.6. The van der Waals surface area contributed by atoms with Crippen molar-refractivity contribution in [3.63, 3.8) is 0 Å². The van der Waals surface area contributed by atoms with Gasteiger partial charge in [-0.1, -0.05) is 11.6 Å². The summed E-state index contributed by atoms with van der Waals surface area (Å²) in [4.78, 5) is 15.1. The van der Waals surface area contributed by atoms with Crippen LogP contribution in [0, 0.1) is 6.92 Å². The summed E-state index contributed by atoms with van der Waals surface area (Å²) in [5, 5.41) is 1.41. The van der Waals surface area contributed by atoms with Gasteiger partial charge in [0, 0.05) is 18.1 Å². The van der Waals surface area contributed by atoms with Crippen LogP contribution in [0.4, 0.5) is 0 Å². The zero-order chi connectivity index (χ0) is 15.7. The maximum Gasteiger partial charge on any atom is 0.185 e. The fraction of sp³-hybridized carbons (Fsp3) is 0.176. The highest BCUT2D eigenvalue weighted by Gasteiger charge is 2.12. The quantitative estimate of drug-likeness (QED) is 0.528. The SMILES string of the molecule is COCc1cc(Cl)nc2cc(-c3ccc(C=O)o3)c(C)cc12. The predicted octanol–water partition coefficient (Wildman–Crippen LogP) is 4.42. The Balaban J connectivity index is 2.21. The van der Waals surface area contributed by atoms with Crippen molar-refractivity contribution in [1.82, 2.24) is 4.98 Å². The maximum atomic E-state index is 10.8. The van der Waals surface area contributed by atoms with Gasteiger partial charge in [0.25, 0.3) is 0 Å². The third-order valence-electron chi connectivity index (χ3n) is 3.52. The number of carbonyl (C=O) groups excluding carboxylic acids is 1. The number of aromatic nitrogens is 1. The molecule has 22 heavy (non-hydrogen) atoms. The van der Waals surface area contributed by atoms with Crippen LogP contribution in [0.15, 0.2) is 34.7 Å². The van der Waals surface area contributed by atoms with E-state index < -0.39 is 0 Å². The van der Waals surface area contributed by atoms with E-state index in [1.54, 1.807) is 19.2 Å². The minimum atomic E-state index is 0.300. The molecule has 2 aromatic heterocycles. The molecule has 0 aliphatic rings. The van der Waals surface area contributed by atoms with Gasteiger partial charge in [0.1, 0.15) is 10.9 Å². The van der Waals surface area contributed by atoms with Gasteiger partial charge in [-0.3, -0.25) is 4.79 Å². The molecule has 3 rings (SSSR count). The molecular formula is C17H14ClNO3. The molecule has 4 nitrogen and oxygen atoms in total. The number of aldehydes is 1. The summed E-state index contributed by atoms with van der Waals surface area (Å²) < 4.78 is 10.7. The van der Waals surface area contributed by atoms with Gasteiger partial charge in [0.2, 0.25) is 0 Å². The summed E-state index contributed by atoms with van der Waals surface area (Å²) in [7, 11) is 1.64. The van der Waals surface area contributed by atoms with Crippen LogP contribution in [0.25, 0.3) is 22.2 Å². The fourth-order valence-electron chi connectivity index (χ4n) is 2.52. The number of methoxy groups -OCH3 is 1. The second-order valence-electron chi connectivity index (χ2n) is 5.04. The number of hydrogen-bond acceptors (Lipinski definition) is 4. The van der Waals surface area contributed by atoms with Gasteiger partial charge >= 0.3 is 0 Å². The highest BCUT2D eigenvalue weighted by Crippen LogP contribution is 2.31. The number of carbonyl (C=O) groups is 1. The molecule has 0 amide bonds. The first-order valence-corrected chi connectivity index (χ1v) is 7.14. The van der Waals surface area contributed by atoms with Crippen LogP contribution < -0.4 is 0 Å². The monoisotopic (exact) mass is 315 g/mol. The zero-order valence-electron chi connectivity index (χ0n) is 12.2. The van der Waals surface area contributed by atoms with Gasteiger partial charge in [0.05, 0.1) is 12.1 Å². The number of nitrogens with zero attached hydrogens (tertiary/aromatic N) is 1. The van der Waals surface area contributed by atoms with Gasteiger partial charge in [0.15, 0.2) is 12.0 Å². The Labute approximate surface area is 132 Å². The minimum Gasteiger partial charge on any atom is -0.453 e.